The van der Waals surface area contributed by atoms with E-state index < -0.39 is 0 Å². The third kappa shape index (κ3) is 2.99. The number of oxazole rings is 1. The Balaban J connectivity index is 1.98. The van der Waals surface area contributed by atoms with Gasteiger partial charge in [0, 0.05) is 6.42 Å². The second-order valence-corrected chi connectivity index (χ2v) is 4.60. The summed E-state index contributed by atoms with van der Waals surface area (Å²) < 4.78 is 5.72. The molecule has 2 rings (SSSR count). The van der Waals surface area contributed by atoms with Gasteiger partial charge in [-0.1, -0.05) is 24.3 Å². The summed E-state index contributed by atoms with van der Waals surface area (Å²) in [5.41, 5.74) is 2.71. The van der Waals surface area contributed by atoms with Gasteiger partial charge < -0.3 is 9.73 Å². The third-order valence-corrected chi connectivity index (χ3v) is 3.28. The number of hydrogen-bond acceptors (Lipinski definition) is 3. The van der Waals surface area contributed by atoms with Gasteiger partial charge in [0.25, 0.3) is 0 Å². The highest BCUT2D eigenvalue weighted by Crippen LogP contribution is 2.15. The zero-order valence-corrected chi connectivity index (χ0v) is 11.2. The molecule has 3 heteroatoms. The van der Waals surface area contributed by atoms with Crippen LogP contribution in [0, 0.1) is 6.92 Å². The summed E-state index contributed by atoms with van der Waals surface area (Å²) in [6.45, 7) is 4.18. The van der Waals surface area contributed by atoms with E-state index >= 15 is 0 Å². The zero-order chi connectivity index (χ0) is 13.0. The molecule has 1 aromatic carbocycles. The van der Waals surface area contributed by atoms with Crippen LogP contribution in [-0.2, 0) is 12.8 Å². The molecule has 18 heavy (non-hydrogen) atoms. The molecule has 2 aromatic rings. The van der Waals surface area contributed by atoms with Crippen molar-refractivity contribution in [1.82, 2.24) is 10.3 Å². The van der Waals surface area contributed by atoms with E-state index in [0.29, 0.717) is 0 Å². The van der Waals surface area contributed by atoms with Crippen molar-refractivity contribution >= 4 is 0 Å². The van der Waals surface area contributed by atoms with Crippen LogP contribution in [0.5, 0.6) is 0 Å². The van der Waals surface area contributed by atoms with Crippen molar-refractivity contribution in [2.45, 2.75) is 32.7 Å². The lowest BCUT2D eigenvalue weighted by Crippen LogP contribution is -2.12. The first-order valence-electron chi connectivity index (χ1n) is 6.37. The molecular weight excluding hydrogens is 224 g/mol. The molecule has 3 nitrogen and oxygen atoms in total. The Morgan fingerprint density at radius 3 is 2.78 bits per heavy atom. The van der Waals surface area contributed by atoms with Crippen molar-refractivity contribution in [3.8, 4) is 0 Å². The number of hydrogen-bond donors (Lipinski definition) is 1. The Hall–Kier alpha value is -1.61. The fourth-order valence-electron chi connectivity index (χ4n) is 1.91. The second-order valence-electron chi connectivity index (χ2n) is 4.60. The van der Waals surface area contributed by atoms with Crippen molar-refractivity contribution in [2.24, 2.45) is 0 Å². The Labute approximate surface area is 108 Å². The van der Waals surface area contributed by atoms with Crippen LogP contribution in [0.4, 0.5) is 0 Å². The van der Waals surface area contributed by atoms with Gasteiger partial charge in [-0.2, -0.15) is 0 Å². The lowest BCUT2D eigenvalue weighted by molar-refractivity contribution is 0.407. The smallest absolute Gasteiger partial charge is 0.211 e. The summed E-state index contributed by atoms with van der Waals surface area (Å²) in [6, 6.07) is 8.63. The monoisotopic (exact) mass is 244 g/mol. The van der Waals surface area contributed by atoms with Gasteiger partial charge in [-0.3, -0.25) is 0 Å². The van der Waals surface area contributed by atoms with Crippen molar-refractivity contribution in [1.29, 1.82) is 0 Å². The van der Waals surface area contributed by atoms with E-state index in [0.717, 1.165) is 24.5 Å². The summed E-state index contributed by atoms with van der Waals surface area (Å²) in [7, 11) is 1.90. The summed E-state index contributed by atoms with van der Waals surface area (Å²) in [4.78, 5) is 4.29. The molecule has 1 heterocycles. The van der Waals surface area contributed by atoms with Crippen molar-refractivity contribution < 1.29 is 4.42 Å². The van der Waals surface area contributed by atoms with Crippen molar-refractivity contribution in [3.05, 3.63) is 53.2 Å². The standard InChI is InChI=1S/C15H20N2O/c1-11-6-4-5-7-13(11)8-9-14-10-17-15(18-14)12(2)16-3/h4-7,10,12,16H,8-9H2,1-3H3. The first-order chi connectivity index (χ1) is 8.70. The average Bonchev–Trinajstić information content (AvgIpc) is 2.86. The van der Waals surface area contributed by atoms with Crippen LogP contribution in [0.25, 0.3) is 0 Å². The van der Waals surface area contributed by atoms with Crippen LogP contribution in [-0.4, -0.2) is 12.0 Å². The minimum Gasteiger partial charge on any atom is -0.444 e. The molecule has 1 aromatic heterocycles. The maximum atomic E-state index is 5.72. The largest absolute Gasteiger partial charge is 0.444 e. The van der Waals surface area contributed by atoms with E-state index in [9.17, 15) is 0 Å². The van der Waals surface area contributed by atoms with Crippen LogP contribution < -0.4 is 5.32 Å². The molecule has 1 unspecified atom stereocenters. The van der Waals surface area contributed by atoms with Gasteiger partial charge in [0.05, 0.1) is 12.2 Å². The van der Waals surface area contributed by atoms with Crippen molar-refractivity contribution in [2.75, 3.05) is 7.05 Å². The number of aryl methyl sites for hydroxylation is 3. The molecule has 96 valence electrons. The van der Waals surface area contributed by atoms with Gasteiger partial charge >= 0.3 is 0 Å². The first-order valence-corrected chi connectivity index (χ1v) is 6.37. The normalized spacial score (nSPS) is 12.6. The summed E-state index contributed by atoms with van der Waals surface area (Å²) >= 11 is 0. The minimum atomic E-state index is 0.164. The number of aromatic nitrogens is 1. The van der Waals surface area contributed by atoms with E-state index in [2.05, 4.69) is 41.5 Å². The topological polar surface area (TPSA) is 38.1 Å². The second kappa shape index (κ2) is 5.83. The van der Waals surface area contributed by atoms with E-state index in [4.69, 9.17) is 4.42 Å². The number of nitrogens with one attached hydrogen (secondary N) is 1. The van der Waals surface area contributed by atoms with E-state index in [1.807, 2.05) is 20.2 Å². The Morgan fingerprint density at radius 1 is 1.28 bits per heavy atom. The molecule has 0 aliphatic heterocycles. The van der Waals surface area contributed by atoms with Gasteiger partial charge in [0.1, 0.15) is 5.76 Å². The highest BCUT2D eigenvalue weighted by atomic mass is 16.4. The predicted molar refractivity (Wildman–Crippen MR) is 72.6 cm³/mol. The predicted octanol–water partition coefficient (Wildman–Crippen LogP) is 3.05. The quantitative estimate of drug-likeness (QED) is 0.878. The van der Waals surface area contributed by atoms with Gasteiger partial charge in [0.15, 0.2) is 0 Å². The number of benzene rings is 1. The summed E-state index contributed by atoms with van der Waals surface area (Å²) in [5, 5.41) is 3.12. The molecule has 0 amide bonds. The minimum absolute atomic E-state index is 0.164. The Morgan fingerprint density at radius 2 is 2.06 bits per heavy atom. The van der Waals surface area contributed by atoms with Crippen LogP contribution in [0.1, 0.15) is 35.7 Å². The molecule has 0 radical (unpaired) electrons. The molecule has 0 bridgehead atoms. The average molecular weight is 244 g/mol. The zero-order valence-electron chi connectivity index (χ0n) is 11.2. The summed E-state index contributed by atoms with van der Waals surface area (Å²) in [5.74, 6) is 1.72. The van der Waals surface area contributed by atoms with Crippen LogP contribution in [0.15, 0.2) is 34.9 Å². The Bertz CT molecular complexity index is 505. The third-order valence-electron chi connectivity index (χ3n) is 3.28. The lowest BCUT2D eigenvalue weighted by atomic mass is 10.0. The van der Waals surface area contributed by atoms with Gasteiger partial charge in [-0.15, -0.1) is 0 Å². The molecule has 0 aliphatic rings. The van der Waals surface area contributed by atoms with Crippen molar-refractivity contribution in [3.63, 3.8) is 0 Å². The highest BCUT2D eigenvalue weighted by Gasteiger charge is 2.10. The van der Waals surface area contributed by atoms with E-state index in [1.54, 1.807) is 0 Å². The number of rotatable bonds is 5. The fourth-order valence-corrected chi connectivity index (χ4v) is 1.91. The molecule has 0 saturated carbocycles. The first kappa shape index (κ1) is 12.8. The number of nitrogens with zero attached hydrogens (tertiary/aromatic N) is 1. The van der Waals surface area contributed by atoms with Gasteiger partial charge in [-0.25, -0.2) is 4.98 Å². The molecule has 0 fully saturated rings. The lowest BCUT2D eigenvalue weighted by Gasteiger charge is -2.05. The van der Waals surface area contributed by atoms with E-state index in [-0.39, 0.29) is 6.04 Å². The van der Waals surface area contributed by atoms with Gasteiger partial charge in [-0.05, 0) is 38.4 Å². The van der Waals surface area contributed by atoms with Crippen LogP contribution in [0.3, 0.4) is 0 Å². The SMILES string of the molecule is CNC(C)c1ncc(CCc2ccccc2C)o1. The van der Waals surface area contributed by atoms with E-state index in [1.165, 1.54) is 11.1 Å². The molecular formula is C15H20N2O. The molecule has 0 saturated heterocycles. The maximum Gasteiger partial charge on any atom is 0.211 e. The van der Waals surface area contributed by atoms with Gasteiger partial charge in [0.2, 0.25) is 5.89 Å². The Kier molecular flexibility index (Phi) is 4.15. The summed E-state index contributed by atoms with van der Waals surface area (Å²) in [6.07, 6.45) is 3.73. The highest BCUT2D eigenvalue weighted by molar-refractivity contribution is 5.26. The maximum absolute atomic E-state index is 5.72. The molecule has 0 aliphatic carbocycles. The molecule has 1 atom stereocenters. The van der Waals surface area contributed by atoms with Crippen LogP contribution in [0.2, 0.25) is 0 Å². The van der Waals surface area contributed by atoms with Crippen LogP contribution >= 0.6 is 0 Å². The molecule has 0 spiro atoms. The fraction of sp³-hybridized carbons (Fsp3) is 0.400. The molecule has 1 N–H and O–H groups in total.